The number of ketones is 1. The van der Waals surface area contributed by atoms with Gasteiger partial charge in [-0.2, -0.15) is 0 Å². The maximum Gasteiger partial charge on any atom is 0.315 e. The van der Waals surface area contributed by atoms with Gasteiger partial charge in [-0.05, 0) is 79.3 Å². The highest BCUT2D eigenvalue weighted by Gasteiger charge is 2.66. The quantitative estimate of drug-likeness (QED) is 0.263. The minimum atomic E-state index is -1.53. The van der Waals surface area contributed by atoms with Gasteiger partial charge >= 0.3 is 5.97 Å². The molecule has 3 aromatic carbocycles. The minimum Gasteiger partial charge on any atom is -0.497 e. The summed E-state index contributed by atoms with van der Waals surface area (Å²) in [5, 5.41) is 0. The zero-order valence-electron chi connectivity index (χ0n) is 24.1. The first-order chi connectivity index (χ1) is 20.3. The molecule has 1 heterocycles. The average molecular weight is 568 g/mol. The number of para-hydroxylation sites is 1. The number of imide groups is 1. The fourth-order valence-electron chi connectivity index (χ4n) is 6.36. The molecule has 3 aromatic rings. The van der Waals surface area contributed by atoms with Crippen molar-refractivity contribution in [1.82, 2.24) is 0 Å². The summed E-state index contributed by atoms with van der Waals surface area (Å²) in [6.45, 7) is 3.07. The van der Waals surface area contributed by atoms with E-state index in [9.17, 15) is 19.2 Å². The van der Waals surface area contributed by atoms with Gasteiger partial charge in [0, 0.05) is 18.1 Å². The van der Waals surface area contributed by atoms with E-state index in [0.717, 1.165) is 16.2 Å². The molecule has 1 aliphatic heterocycles. The van der Waals surface area contributed by atoms with E-state index in [1.54, 1.807) is 68.6 Å². The number of benzene rings is 3. The Hall–Kier alpha value is -4.72. The van der Waals surface area contributed by atoms with Gasteiger partial charge in [0.05, 0.1) is 26.5 Å². The molecule has 5 rings (SSSR count). The summed E-state index contributed by atoms with van der Waals surface area (Å²) in [5.41, 5.74) is 0.973. The second-order valence-electron chi connectivity index (χ2n) is 10.4. The van der Waals surface area contributed by atoms with Crippen molar-refractivity contribution in [2.75, 3.05) is 25.7 Å². The Morgan fingerprint density at radius 1 is 0.881 bits per heavy atom. The van der Waals surface area contributed by atoms with Crippen LogP contribution in [0.4, 0.5) is 5.69 Å². The zero-order chi connectivity index (χ0) is 30.0. The van der Waals surface area contributed by atoms with Crippen LogP contribution in [0.2, 0.25) is 0 Å². The molecular formula is C34H33NO7. The van der Waals surface area contributed by atoms with Gasteiger partial charge in [-0.1, -0.05) is 36.4 Å². The van der Waals surface area contributed by atoms with Crippen molar-refractivity contribution >= 4 is 29.3 Å². The van der Waals surface area contributed by atoms with Crippen LogP contribution in [0.15, 0.2) is 84.4 Å². The summed E-state index contributed by atoms with van der Waals surface area (Å²) in [7, 11) is 3.14. The van der Waals surface area contributed by atoms with Gasteiger partial charge in [0.25, 0.3) is 0 Å². The molecule has 1 spiro atoms. The van der Waals surface area contributed by atoms with Crippen molar-refractivity contribution in [2.24, 2.45) is 11.8 Å². The molecule has 0 saturated carbocycles. The van der Waals surface area contributed by atoms with E-state index in [2.05, 4.69) is 0 Å². The highest BCUT2D eigenvalue weighted by atomic mass is 16.5. The minimum absolute atomic E-state index is 0.0677. The molecule has 0 unspecified atom stereocenters. The van der Waals surface area contributed by atoms with E-state index in [4.69, 9.17) is 14.2 Å². The lowest BCUT2D eigenvalue weighted by Gasteiger charge is -2.35. The summed E-state index contributed by atoms with van der Waals surface area (Å²) in [5.74, 6) is -2.56. The first kappa shape index (κ1) is 28.8. The molecule has 8 nitrogen and oxygen atoms in total. The van der Waals surface area contributed by atoms with Crippen LogP contribution in [0.3, 0.4) is 0 Å². The summed E-state index contributed by atoms with van der Waals surface area (Å²) >= 11 is 0. The van der Waals surface area contributed by atoms with E-state index in [0.29, 0.717) is 35.4 Å². The number of allylic oxidation sites excluding steroid dienone is 1. The Morgan fingerprint density at radius 3 is 2.10 bits per heavy atom. The van der Waals surface area contributed by atoms with Crippen LogP contribution in [-0.2, 0) is 31.0 Å². The van der Waals surface area contributed by atoms with Crippen molar-refractivity contribution in [2.45, 2.75) is 32.1 Å². The lowest BCUT2D eigenvalue weighted by Crippen LogP contribution is -2.52. The highest BCUT2D eigenvalue weighted by molar-refractivity contribution is 6.25. The van der Waals surface area contributed by atoms with Crippen LogP contribution in [0, 0.1) is 11.8 Å². The maximum absolute atomic E-state index is 14.6. The van der Waals surface area contributed by atoms with Crippen LogP contribution in [0.5, 0.6) is 11.5 Å². The summed E-state index contributed by atoms with van der Waals surface area (Å²) in [6.07, 6.45) is 2.76. The van der Waals surface area contributed by atoms with Crippen LogP contribution in [0.1, 0.15) is 41.8 Å². The number of hydrogen-bond donors (Lipinski definition) is 0. The van der Waals surface area contributed by atoms with Crippen LogP contribution in [-0.4, -0.2) is 44.4 Å². The van der Waals surface area contributed by atoms with Gasteiger partial charge in [0.15, 0.2) is 5.78 Å². The highest BCUT2D eigenvalue weighted by Crippen LogP contribution is 2.58. The van der Waals surface area contributed by atoms with Crippen LogP contribution in [0.25, 0.3) is 0 Å². The van der Waals surface area contributed by atoms with Crippen molar-refractivity contribution < 1.29 is 33.4 Å². The third-order valence-electron chi connectivity index (χ3n) is 8.23. The predicted octanol–water partition coefficient (Wildman–Crippen LogP) is 5.09. The molecule has 1 aliphatic carbocycles. The van der Waals surface area contributed by atoms with Gasteiger partial charge in [0.2, 0.25) is 11.8 Å². The topological polar surface area (TPSA) is 99.2 Å². The average Bonchev–Trinajstić information content (AvgIpc) is 3.49. The number of carbonyl (C=O) groups is 4. The predicted molar refractivity (Wildman–Crippen MR) is 157 cm³/mol. The number of esters is 1. The number of amides is 2. The van der Waals surface area contributed by atoms with Gasteiger partial charge in [-0.3, -0.25) is 19.2 Å². The number of rotatable bonds is 9. The van der Waals surface area contributed by atoms with E-state index < -0.39 is 35.0 Å². The van der Waals surface area contributed by atoms with Crippen molar-refractivity contribution in [3.63, 3.8) is 0 Å². The SMILES string of the molecule is CCOC(=O)[C@H]1C(C(=O)c2ccc(OC)cc2)=C[C@H](CCc2ccc(OC)cc2)[C@@]12C(=O)N(C(C)=O)c1ccccc12. The molecule has 42 heavy (non-hydrogen) atoms. The first-order valence-electron chi connectivity index (χ1n) is 13.9. The fourth-order valence-corrected chi connectivity index (χ4v) is 6.36. The Kier molecular flexibility index (Phi) is 7.98. The first-order valence-corrected chi connectivity index (χ1v) is 13.9. The van der Waals surface area contributed by atoms with Gasteiger partial charge < -0.3 is 14.2 Å². The zero-order valence-corrected chi connectivity index (χ0v) is 24.1. The molecule has 216 valence electrons. The monoisotopic (exact) mass is 567 g/mol. The number of fused-ring (bicyclic) bond motifs is 2. The summed E-state index contributed by atoms with van der Waals surface area (Å²) in [6, 6.07) is 21.2. The summed E-state index contributed by atoms with van der Waals surface area (Å²) in [4.78, 5) is 56.6. The van der Waals surface area contributed by atoms with Crippen molar-refractivity contribution in [3.8, 4) is 11.5 Å². The maximum atomic E-state index is 14.6. The molecule has 0 radical (unpaired) electrons. The molecule has 0 N–H and O–H groups in total. The molecular weight excluding hydrogens is 534 g/mol. The number of Topliss-reactive ketones (excluding diaryl/α,β-unsaturated/α-hetero) is 1. The third-order valence-corrected chi connectivity index (χ3v) is 8.23. The van der Waals surface area contributed by atoms with Gasteiger partial charge in [-0.25, -0.2) is 4.90 Å². The van der Waals surface area contributed by atoms with E-state index in [1.165, 1.54) is 14.0 Å². The van der Waals surface area contributed by atoms with Gasteiger partial charge in [-0.15, -0.1) is 0 Å². The summed E-state index contributed by atoms with van der Waals surface area (Å²) < 4.78 is 16.1. The molecule has 0 bridgehead atoms. The number of carbonyl (C=O) groups excluding carboxylic acids is 4. The molecule has 0 aromatic heterocycles. The Labute approximate surface area is 244 Å². The Morgan fingerprint density at radius 2 is 1.50 bits per heavy atom. The van der Waals surface area contributed by atoms with Crippen LogP contribution >= 0.6 is 0 Å². The smallest absolute Gasteiger partial charge is 0.315 e. The number of aryl methyl sites for hydroxylation is 1. The lowest BCUT2D eigenvalue weighted by molar-refractivity contribution is -0.152. The Bertz CT molecular complexity index is 1560. The second kappa shape index (κ2) is 11.6. The van der Waals surface area contributed by atoms with E-state index >= 15 is 0 Å². The lowest BCUT2D eigenvalue weighted by atomic mass is 9.64. The van der Waals surface area contributed by atoms with Crippen molar-refractivity contribution in [1.29, 1.82) is 0 Å². The third kappa shape index (κ3) is 4.66. The molecule has 2 aliphatic rings. The van der Waals surface area contributed by atoms with E-state index in [1.807, 2.05) is 24.3 Å². The number of ether oxygens (including phenoxy) is 3. The Balaban J connectivity index is 1.68. The number of anilines is 1. The van der Waals surface area contributed by atoms with E-state index in [-0.39, 0.29) is 18.0 Å². The molecule has 2 amide bonds. The standard InChI is InChI=1S/C34H33NO7/c1-5-42-32(38)30-27(31(37)23-13-18-26(41-4)19-14-23)20-24(15-10-22-11-16-25(40-3)17-12-22)34(30)28-8-6-7-9-29(28)35(21(2)36)33(34)39/h6-9,11-14,16-20,24,30H,5,10,15H2,1-4H3/t24-,30+,34-/m0/s1. The largest absolute Gasteiger partial charge is 0.497 e. The van der Waals surface area contributed by atoms with Gasteiger partial charge in [0.1, 0.15) is 22.8 Å². The second-order valence-corrected chi connectivity index (χ2v) is 10.4. The van der Waals surface area contributed by atoms with Crippen LogP contribution < -0.4 is 14.4 Å². The number of hydrogen-bond acceptors (Lipinski definition) is 7. The number of methoxy groups -OCH3 is 2. The molecule has 8 heteroatoms. The normalized spacial score (nSPS) is 20.7. The molecule has 3 atom stereocenters. The molecule has 0 fully saturated rings. The molecule has 0 saturated heterocycles. The van der Waals surface area contributed by atoms with Crippen molar-refractivity contribution in [3.05, 3.63) is 101 Å². The number of nitrogens with zero attached hydrogens (tertiary/aromatic N) is 1. The fraction of sp³-hybridized carbons (Fsp3) is 0.294.